The van der Waals surface area contributed by atoms with Crippen molar-refractivity contribution in [3.63, 3.8) is 0 Å². The maximum atomic E-state index is 5.11. The van der Waals surface area contributed by atoms with E-state index in [9.17, 15) is 0 Å². The number of fused-ring (bicyclic) bond motifs is 3. The van der Waals surface area contributed by atoms with Crippen LogP contribution in [0.5, 0.6) is 0 Å². The first kappa shape index (κ1) is 46.7. The molecular formula is C72H53N5. The molecule has 2 aromatic heterocycles. The van der Waals surface area contributed by atoms with Gasteiger partial charge in [-0.2, -0.15) is 0 Å². The van der Waals surface area contributed by atoms with Crippen LogP contribution in [0.25, 0.3) is 83.6 Å². The average Bonchev–Trinajstić information content (AvgIpc) is 3.84. The molecular weight excluding hydrogens is 935 g/mol. The number of para-hydroxylation sites is 4. The highest BCUT2D eigenvalue weighted by atomic mass is 15.1. The van der Waals surface area contributed by atoms with Crippen LogP contribution < -0.4 is 9.80 Å². The van der Waals surface area contributed by atoms with Gasteiger partial charge in [0.15, 0.2) is 5.82 Å². The summed E-state index contributed by atoms with van der Waals surface area (Å²) >= 11 is 0. The lowest BCUT2D eigenvalue weighted by Gasteiger charge is -2.26. The van der Waals surface area contributed by atoms with E-state index in [0.717, 1.165) is 107 Å². The van der Waals surface area contributed by atoms with E-state index in [-0.39, 0.29) is 0 Å². The zero-order valence-electron chi connectivity index (χ0n) is 42.9. The summed E-state index contributed by atoms with van der Waals surface area (Å²) in [4.78, 5) is 14.8. The molecule has 5 heteroatoms. The topological polar surface area (TPSA) is 37.2 Å². The molecule has 0 amide bonds. The summed E-state index contributed by atoms with van der Waals surface area (Å²) in [6.45, 7) is 4.22. The molecule has 0 fully saturated rings. The van der Waals surface area contributed by atoms with E-state index in [1.807, 2.05) is 0 Å². The highest BCUT2D eigenvalue weighted by Gasteiger charge is 2.21. The van der Waals surface area contributed by atoms with Crippen molar-refractivity contribution < 1.29 is 0 Å². The number of aryl methyl sites for hydroxylation is 2. The number of anilines is 6. The van der Waals surface area contributed by atoms with Gasteiger partial charge < -0.3 is 14.4 Å². The molecule has 0 spiro atoms. The van der Waals surface area contributed by atoms with E-state index in [0.29, 0.717) is 0 Å². The summed E-state index contributed by atoms with van der Waals surface area (Å²) in [5, 5.41) is 2.34. The van der Waals surface area contributed by atoms with Crippen molar-refractivity contribution in [3.05, 3.63) is 296 Å². The van der Waals surface area contributed by atoms with Gasteiger partial charge in [0.1, 0.15) is 0 Å². The van der Waals surface area contributed by atoms with E-state index in [4.69, 9.17) is 9.97 Å². The summed E-state index contributed by atoms with van der Waals surface area (Å²) in [7, 11) is 0. The first-order valence-corrected chi connectivity index (χ1v) is 26.2. The molecule has 13 aromatic rings. The van der Waals surface area contributed by atoms with Gasteiger partial charge in [-0.1, -0.05) is 181 Å². The number of hydrogen-bond donors (Lipinski definition) is 0. The lowest BCUT2D eigenvalue weighted by Crippen LogP contribution is -2.09. The fraction of sp³-hybridized carbons (Fsp3) is 0.0278. The van der Waals surface area contributed by atoms with Gasteiger partial charge in [-0.15, -0.1) is 0 Å². The van der Waals surface area contributed by atoms with E-state index in [2.05, 4.69) is 313 Å². The Morgan fingerprint density at radius 1 is 0.273 bits per heavy atom. The Labute approximate surface area is 449 Å². The maximum absolute atomic E-state index is 5.11. The molecule has 77 heavy (non-hydrogen) atoms. The second kappa shape index (κ2) is 20.3. The molecule has 0 radical (unpaired) electrons. The molecule has 0 atom stereocenters. The molecule has 0 aliphatic carbocycles. The Morgan fingerprint density at radius 3 is 1.05 bits per heavy atom. The zero-order valence-corrected chi connectivity index (χ0v) is 42.9. The first-order chi connectivity index (χ1) is 38.0. The highest BCUT2D eigenvalue weighted by Crippen LogP contribution is 2.43. The minimum Gasteiger partial charge on any atom is -0.310 e. The van der Waals surface area contributed by atoms with Crippen molar-refractivity contribution in [1.82, 2.24) is 14.5 Å². The summed E-state index contributed by atoms with van der Waals surface area (Å²) in [5.74, 6) is 0.720. The number of benzene rings is 11. The number of rotatable bonds is 12. The number of hydrogen-bond acceptors (Lipinski definition) is 4. The standard InChI is InChI=1S/C72H53N5/c1-50-17-15-19-57(45-50)69-49-68(73-72(74-69)58-20-16-18-51(2)46-58)56-35-33-54(34-36-56)52-29-31-53(32-30-52)55-37-39-63(40-38-55)77-70-43-41-64(75(59-21-7-3-8-22-59)60-23-9-4-10-24-60)47-66(70)67-48-65(42-44-71(67)77)76(61-25-11-5-12-26-61)62-27-13-6-14-28-62/h3-49H,1-2H3. The average molecular weight is 988 g/mol. The maximum Gasteiger partial charge on any atom is 0.160 e. The highest BCUT2D eigenvalue weighted by molar-refractivity contribution is 6.12. The SMILES string of the molecule is Cc1cccc(-c2cc(-c3ccc(-c4ccc(-c5ccc(-n6c7ccc(N(c8ccccc8)c8ccccc8)cc7c7cc(N(c8ccccc8)c8ccccc8)ccc76)cc5)cc4)cc3)nc(-c3cccc(C)c3)n2)c1. The molecule has 0 bridgehead atoms. The van der Waals surface area contributed by atoms with Gasteiger partial charge in [-0.05, 0) is 151 Å². The van der Waals surface area contributed by atoms with E-state index >= 15 is 0 Å². The Hall–Kier alpha value is -10.1. The van der Waals surface area contributed by atoms with Gasteiger partial charge in [0.2, 0.25) is 0 Å². The van der Waals surface area contributed by atoms with Crippen LogP contribution in [0.3, 0.4) is 0 Å². The lowest BCUT2D eigenvalue weighted by molar-refractivity contribution is 1.18. The summed E-state index contributed by atoms with van der Waals surface area (Å²) in [6.07, 6.45) is 0. The quantitative estimate of drug-likeness (QED) is 0.122. The molecule has 0 saturated heterocycles. The number of nitrogens with zero attached hydrogens (tertiary/aromatic N) is 5. The predicted octanol–water partition coefficient (Wildman–Crippen LogP) is 19.5. The van der Waals surface area contributed by atoms with Gasteiger partial charge in [0.05, 0.1) is 22.4 Å². The van der Waals surface area contributed by atoms with Crippen LogP contribution in [0.2, 0.25) is 0 Å². The van der Waals surface area contributed by atoms with Crippen LogP contribution in [0.1, 0.15) is 11.1 Å². The van der Waals surface area contributed by atoms with Crippen LogP contribution in [0.15, 0.2) is 285 Å². The van der Waals surface area contributed by atoms with Crippen molar-refractivity contribution in [2.45, 2.75) is 13.8 Å². The third-order valence-corrected chi connectivity index (χ3v) is 14.5. The third kappa shape index (κ3) is 9.32. The molecule has 5 nitrogen and oxygen atoms in total. The van der Waals surface area contributed by atoms with E-state index in [1.54, 1.807) is 0 Å². The van der Waals surface area contributed by atoms with E-state index in [1.165, 1.54) is 21.9 Å². The zero-order chi connectivity index (χ0) is 51.7. The molecule has 11 aromatic carbocycles. The Kier molecular flexibility index (Phi) is 12.3. The van der Waals surface area contributed by atoms with Gasteiger partial charge in [-0.3, -0.25) is 0 Å². The second-order valence-electron chi connectivity index (χ2n) is 19.7. The largest absolute Gasteiger partial charge is 0.310 e. The molecule has 2 heterocycles. The van der Waals surface area contributed by atoms with Gasteiger partial charge in [0, 0.05) is 67.3 Å². The van der Waals surface area contributed by atoms with Crippen LogP contribution in [-0.2, 0) is 0 Å². The number of aromatic nitrogens is 3. The molecule has 0 aliphatic rings. The van der Waals surface area contributed by atoms with Crippen molar-refractivity contribution in [2.75, 3.05) is 9.80 Å². The molecule has 0 aliphatic heterocycles. The Balaban J connectivity index is 0.842. The molecule has 366 valence electrons. The van der Waals surface area contributed by atoms with E-state index < -0.39 is 0 Å². The van der Waals surface area contributed by atoms with Gasteiger partial charge >= 0.3 is 0 Å². The smallest absolute Gasteiger partial charge is 0.160 e. The fourth-order valence-electron chi connectivity index (χ4n) is 10.7. The summed E-state index contributed by atoms with van der Waals surface area (Å²) in [6, 6.07) is 102. The Bertz CT molecular complexity index is 3910. The van der Waals surface area contributed by atoms with Crippen molar-refractivity contribution in [1.29, 1.82) is 0 Å². The monoisotopic (exact) mass is 987 g/mol. The molecule has 0 saturated carbocycles. The summed E-state index contributed by atoms with van der Waals surface area (Å²) in [5.41, 5.74) is 21.8. The Morgan fingerprint density at radius 2 is 0.636 bits per heavy atom. The lowest BCUT2D eigenvalue weighted by atomic mass is 9.98. The predicted molar refractivity (Wildman–Crippen MR) is 322 cm³/mol. The minimum absolute atomic E-state index is 0.720. The molecule has 13 rings (SSSR count). The second-order valence-corrected chi connectivity index (χ2v) is 19.7. The third-order valence-electron chi connectivity index (χ3n) is 14.5. The normalized spacial score (nSPS) is 11.2. The van der Waals surface area contributed by atoms with Crippen molar-refractivity contribution in [3.8, 4) is 61.8 Å². The molecule has 0 unspecified atom stereocenters. The summed E-state index contributed by atoms with van der Waals surface area (Å²) < 4.78 is 2.41. The first-order valence-electron chi connectivity index (χ1n) is 26.2. The van der Waals surface area contributed by atoms with Crippen molar-refractivity contribution >= 4 is 55.9 Å². The fourth-order valence-corrected chi connectivity index (χ4v) is 10.7. The van der Waals surface area contributed by atoms with Crippen LogP contribution in [-0.4, -0.2) is 14.5 Å². The van der Waals surface area contributed by atoms with Gasteiger partial charge in [0.25, 0.3) is 0 Å². The van der Waals surface area contributed by atoms with Crippen LogP contribution in [0.4, 0.5) is 34.1 Å². The van der Waals surface area contributed by atoms with Crippen molar-refractivity contribution in [2.24, 2.45) is 0 Å². The minimum atomic E-state index is 0.720. The van der Waals surface area contributed by atoms with Gasteiger partial charge in [-0.25, -0.2) is 9.97 Å². The van der Waals surface area contributed by atoms with Crippen LogP contribution in [0, 0.1) is 13.8 Å². The molecule has 0 N–H and O–H groups in total. The van der Waals surface area contributed by atoms with Crippen LogP contribution >= 0.6 is 0 Å².